The first-order valence-electron chi connectivity index (χ1n) is 9.23. The Labute approximate surface area is 160 Å². The molecule has 0 atom stereocenters. The number of pyridine rings is 1. The highest BCUT2D eigenvalue weighted by Gasteiger charge is 2.10. The normalized spacial score (nSPS) is 15.8. The minimum atomic E-state index is 0.827. The maximum absolute atomic E-state index is 7.55. The van der Waals surface area contributed by atoms with Crippen molar-refractivity contribution in [1.29, 1.82) is 5.41 Å². The molecule has 0 saturated carbocycles. The summed E-state index contributed by atoms with van der Waals surface area (Å²) in [4.78, 5) is 6.61. The second-order valence-corrected chi connectivity index (χ2v) is 6.41. The minimum Gasteiger partial charge on any atom is -0.379 e. The van der Waals surface area contributed by atoms with E-state index < -0.39 is 0 Å². The number of hydrogen-bond acceptors (Lipinski definition) is 5. The van der Waals surface area contributed by atoms with Crippen molar-refractivity contribution in [3.63, 3.8) is 0 Å². The molecule has 0 amide bonds. The Morgan fingerprint density at radius 3 is 2.70 bits per heavy atom. The molecule has 0 unspecified atom stereocenters. The molecule has 2 N–H and O–H groups in total. The first-order valence-corrected chi connectivity index (χ1v) is 9.23. The molecule has 1 fully saturated rings. The fraction of sp³-hybridized carbons (Fsp3) is 0.273. The van der Waals surface area contributed by atoms with Crippen LogP contribution in [0.4, 0.5) is 5.69 Å². The van der Waals surface area contributed by atoms with E-state index in [0.717, 1.165) is 55.2 Å². The molecule has 1 aromatic carbocycles. The van der Waals surface area contributed by atoms with Crippen LogP contribution in [0.5, 0.6) is 0 Å². The molecule has 0 aliphatic carbocycles. The van der Waals surface area contributed by atoms with Gasteiger partial charge in [-0.05, 0) is 47.9 Å². The van der Waals surface area contributed by atoms with Gasteiger partial charge in [-0.2, -0.15) is 0 Å². The van der Waals surface area contributed by atoms with Crippen molar-refractivity contribution >= 4 is 23.6 Å². The van der Waals surface area contributed by atoms with E-state index in [1.807, 2.05) is 37.5 Å². The van der Waals surface area contributed by atoms with Gasteiger partial charge in [0.1, 0.15) is 0 Å². The molecular formula is C22H26N4O. The number of nitrogens with zero attached hydrogens (tertiary/aromatic N) is 2. The van der Waals surface area contributed by atoms with Gasteiger partial charge in [-0.1, -0.05) is 18.2 Å². The Bertz CT molecular complexity index is 805. The smallest absolute Gasteiger partial charge is 0.0594 e. The minimum absolute atomic E-state index is 0.827. The van der Waals surface area contributed by atoms with Gasteiger partial charge in [0.25, 0.3) is 0 Å². The van der Waals surface area contributed by atoms with E-state index in [0.29, 0.717) is 0 Å². The lowest BCUT2D eigenvalue weighted by atomic mass is 10.0. The lowest BCUT2D eigenvalue weighted by Gasteiger charge is -2.26. The summed E-state index contributed by atoms with van der Waals surface area (Å²) in [5, 5.41) is 10.9. The number of hydrogen-bond donors (Lipinski definition) is 2. The average molecular weight is 362 g/mol. The number of aromatic nitrogens is 1. The molecule has 27 heavy (non-hydrogen) atoms. The first-order chi connectivity index (χ1) is 13.3. The van der Waals surface area contributed by atoms with E-state index in [-0.39, 0.29) is 0 Å². The van der Waals surface area contributed by atoms with Crippen molar-refractivity contribution in [3.8, 4) is 0 Å². The van der Waals surface area contributed by atoms with Gasteiger partial charge in [-0.15, -0.1) is 0 Å². The van der Waals surface area contributed by atoms with Crippen LogP contribution in [-0.2, 0) is 11.3 Å². The number of benzene rings is 1. The predicted molar refractivity (Wildman–Crippen MR) is 112 cm³/mol. The summed E-state index contributed by atoms with van der Waals surface area (Å²) in [7, 11) is 0. The van der Waals surface area contributed by atoms with Crippen molar-refractivity contribution in [2.75, 3.05) is 31.6 Å². The van der Waals surface area contributed by atoms with Crippen molar-refractivity contribution in [1.82, 2.24) is 9.88 Å². The van der Waals surface area contributed by atoms with Gasteiger partial charge in [-0.3, -0.25) is 9.88 Å². The molecule has 2 heterocycles. The van der Waals surface area contributed by atoms with Gasteiger partial charge in [0.05, 0.1) is 13.2 Å². The summed E-state index contributed by atoms with van der Waals surface area (Å²) in [6, 6.07) is 10.4. The van der Waals surface area contributed by atoms with Gasteiger partial charge < -0.3 is 15.5 Å². The topological polar surface area (TPSA) is 61.2 Å². The maximum Gasteiger partial charge on any atom is 0.0594 e. The van der Waals surface area contributed by atoms with Crippen LogP contribution >= 0.6 is 0 Å². The molecule has 140 valence electrons. The van der Waals surface area contributed by atoms with Crippen molar-refractivity contribution in [2.45, 2.75) is 13.5 Å². The summed E-state index contributed by atoms with van der Waals surface area (Å²) in [6.45, 7) is 6.56. The van der Waals surface area contributed by atoms with Gasteiger partial charge in [0, 0.05) is 55.7 Å². The molecule has 0 radical (unpaired) electrons. The number of allylic oxidation sites excluding steroid dienone is 2. The highest BCUT2D eigenvalue weighted by atomic mass is 16.5. The van der Waals surface area contributed by atoms with Crippen LogP contribution in [0.3, 0.4) is 0 Å². The third-order valence-electron chi connectivity index (χ3n) is 4.61. The zero-order valence-corrected chi connectivity index (χ0v) is 15.7. The van der Waals surface area contributed by atoms with Crippen LogP contribution in [0.2, 0.25) is 0 Å². The number of anilines is 1. The Kier molecular flexibility index (Phi) is 6.90. The monoisotopic (exact) mass is 362 g/mol. The summed E-state index contributed by atoms with van der Waals surface area (Å²) < 4.78 is 5.40. The van der Waals surface area contributed by atoms with Crippen LogP contribution in [-0.4, -0.2) is 42.4 Å². The summed E-state index contributed by atoms with van der Waals surface area (Å²) in [5.41, 5.74) is 5.21. The third kappa shape index (κ3) is 5.36. The fourth-order valence-corrected chi connectivity index (χ4v) is 3.07. The fourth-order valence-electron chi connectivity index (χ4n) is 3.07. The third-order valence-corrected chi connectivity index (χ3v) is 4.61. The molecule has 1 aromatic heterocycles. The van der Waals surface area contributed by atoms with Crippen LogP contribution in [0.15, 0.2) is 55.0 Å². The zero-order valence-electron chi connectivity index (χ0n) is 15.7. The Morgan fingerprint density at radius 2 is 2.00 bits per heavy atom. The van der Waals surface area contributed by atoms with E-state index in [1.54, 1.807) is 6.20 Å². The van der Waals surface area contributed by atoms with Gasteiger partial charge in [-0.25, -0.2) is 0 Å². The number of rotatable bonds is 7. The first kappa shape index (κ1) is 19.0. The quantitative estimate of drug-likeness (QED) is 0.730. The second-order valence-electron chi connectivity index (χ2n) is 6.41. The highest BCUT2D eigenvalue weighted by molar-refractivity contribution is 6.09. The molecular weight excluding hydrogens is 336 g/mol. The molecule has 1 aliphatic heterocycles. The Morgan fingerprint density at radius 1 is 1.22 bits per heavy atom. The standard InChI is InChI=1S/C22H26N4O/c1-2-19(15-23)22-8-9-24-16-20(22)7-10-25-21-5-3-18(4-6-21)17-26-11-13-27-14-12-26/h2-10,15-16,23,25H,11-14,17H2,1H3/b10-7-,19-2+,23-15?. The van der Waals surface area contributed by atoms with E-state index >= 15 is 0 Å². The second kappa shape index (κ2) is 9.80. The highest BCUT2D eigenvalue weighted by Crippen LogP contribution is 2.18. The lowest BCUT2D eigenvalue weighted by Crippen LogP contribution is -2.35. The molecule has 0 spiro atoms. The lowest BCUT2D eigenvalue weighted by molar-refractivity contribution is 0.0342. The van der Waals surface area contributed by atoms with Crippen LogP contribution in [0, 0.1) is 5.41 Å². The van der Waals surface area contributed by atoms with Crippen LogP contribution in [0.1, 0.15) is 23.6 Å². The van der Waals surface area contributed by atoms with E-state index in [9.17, 15) is 0 Å². The van der Waals surface area contributed by atoms with Gasteiger partial charge in [0.15, 0.2) is 0 Å². The molecule has 1 aliphatic rings. The van der Waals surface area contributed by atoms with Crippen molar-refractivity contribution < 1.29 is 4.74 Å². The van der Waals surface area contributed by atoms with Gasteiger partial charge >= 0.3 is 0 Å². The van der Waals surface area contributed by atoms with Crippen molar-refractivity contribution in [2.24, 2.45) is 0 Å². The molecule has 5 nitrogen and oxygen atoms in total. The molecule has 2 aromatic rings. The molecule has 3 rings (SSSR count). The summed E-state index contributed by atoms with van der Waals surface area (Å²) >= 11 is 0. The Balaban J connectivity index is 1.61. The maximum atomic E-state index is 7.55. The van der Waals surface area contributed by atoms with Crippen LogP contribution in [0.25, 0.3) is 11.6 Å². The predicted octanol–water partition coefficient (Wildman–Crippen LogP) is 4.05. The number of morpholine rings is 1. The summed E-state index contributed by atoms with van der Waals surface area (Å²) in [5.74, 6) is 0. The molecule has 5 heteroatoms. The average Bonchev–Trinajstić information content (AvgIpc) is 2.72. The zero-order chi connectivity index (χ0) is 18.9. The van der Waals surface area contributed by atoms with Gasteiger partial charge in [0.2, 0.25) is 0 Å². The number of ether oxygens (including phenoxy) is 1. The largest absolute Gasteiger partial charge is 0.379 e. The molecule has 0 bridgehead atoms. The van der Waals surface area contributed by atoms with E-state index in [4.69, 9.17) is 10.1 Å². The SMILES string of the molecule is C/C=C(\C=N)c1ccncc1/C=C\Nc1ccc(CN2CCOCC2)cc1. The Hall–Kier alpha value is -2.76. The van der Waals surface area contributed by atoms with E-state index in [1.165, 1.54) is 11.8 Å². The van der Waals surface area contributed by atoms with Crippen LogP contribution < -0.4 is 5.32 Å². The molecule has 1 saturated heterocycles. The number of nitrogens with one attached hydrogen (secondary N) is 2. The van der Waals surface area contributed by atoms with Crippen molar-refractivity contribution in [3.05, 3.63) is 71.7 Å². The summed E-state index contributed by atoms with van der Waals surface area (Å²) in [6.07, 6.45) is 10.8. The van der Waals surface area contributed by atoms with E-state index in [2.05, 4.69) is 39.5 Å².